The normalized spacial score (nSPS) is 10.5. The second-order valence-corrected chi connectivity index (χ2v) is 4.32. The van der Waals surface area contributed by atoms with Crippen LogP contribution in [0.15, 0.2) is 22.6 Å². The summed E-state index contributed by atoms with van der Waals surface area (Å²) in [6.45, 7) is 3.79. The van der Waals surface area contributed by atoms with E-state index < -0.39 is 4.92 Å². The standard InChI is InChI=1S/C12H11ClN2O4/c1-7-8(2)19-12(14-7)6-18-9-3-4-11(15(16)17)10(13)5-9/h3-5H,6H2,1-2H3. The van der Waals surface area contributed by atoms with Gasteiger partial charge in [-0.3, -0.25) is 10.1 Å². The molecule has 0 saturated carbocycles. The van der Waals surface area contributed by atoms with E-state index in [0.29, 0.717) is 11.6 Å². The molecule has 2 aromatic rings. The molecule has 0 bridgehead atoms. The van der Waals surface area contributed by atoms with Crippen molar-refractivity contribution < 1.29 is 14.1 Å². The van der Waals surface area contributed by atoms with Gasteiger partial charge in [0.1, 0.15) is 16.5 Å². The van der Waals surface area contributed by atoms with Gasteiger partial charge in [-0.15, -0.1) is 0 Å². The zero-order valence-electron chi connectivity index (χ0n) is 10.3. The minimum atomic E-state index is -0.549. The largest absolute Gasteiger partial charge is 0.484 e. The number of aryl methyl sites for hydroxylation is 2. The quantitative estimate of drug-likeness (QED) is 0.634. The van der Waals surface area contributed by atoms with Crippen molar-refractivity contribution in [3.05, 3.63) is 50.7 Å². The van der Waals surface area contributed by atoms with Gasteiger partial charge in [-0.05, 0) is 19.9 Å². The number of nitrogens with zero attached hydrogens (tertiary/aromatic N) is 2. The van der Waals surface area contributed by atoms with Crippen molar-refractivity contribution in [2.75, 3.05) is 0 Å². The van der Waals surface area contributed by atoms with Gasteiger partial charge in [-0.1, -0.05) is 11.6 Å². The minimum absolute atomic E-state index is 0.0299. The summed E-state index contributed by atoms with van der Waals surface area (Å²) >= 11 is 5.77. The topological polar surface area (TPSA) is 78.4 Å². The summed E-state index contributed by atoms with van der Waals surface area (Å²) in [4.78, 5) is 14.2. The highest BCUT2D eigenvalue weighted by Crippen LogP contribution is 2.28. The molecule has 2 rings (SSSR count). The number of hydrogen-bond acceptors (Lipinski definition) is 5. The van der Waals surface area contributed by atoms with Crippen LogP contribution in [0.2, 0.25) is 5.02 Å². The van der Waals surface area contributed by atoms with Crippen molar-refractivity contribution in [2.45, 2.75) is 20.5 Å². The van der Waals surface area contributed by atoms with Gasteiger partial charge in [-0.25, -0.2) is 4.98 Å². The summed E-state index contributed by atoms with van der Waals surface area (Å²) in [5.41, 5.74) is 0.650. The van der Waals surface area contributed by atoms with Crippen molar-refractivity contribution in [2.24, 2.45) is 0 Å². The van der Waals surface area contributed by atoms with Crippen LogP contribution in [0.4, 0.5) is 5.69 Å². The predicted molar refractivity (Wildman–Crippen MR) is 68.4 cm³/mol. The number of rotatable bonds is 4. The lowest BCUT2D eigenvalue weighted by Gasteiger charge is -2.04. The molecule has 7 heteroatoms. The first-order valence-corrected chi connectivity index (χ1v) is 5.85. The van der Waals surface area contributed by atoms with E-state index in [4.69, 9.17) is 20.8 Å². The summed E-state index contributed by atoms with van der Waals surface area (Å²) in [5, 5.41) is 10.6. The Bertz CT molecular complexity index is 605. The molecular formula is C12H11ClN2O4. The van der Waals surface area contributed by atoms with Crippen molar-refractivity contribution in [3.63, 3.8) is 0 Å². The number of aromatic nitrogens is 1. The molecule has 0 aliphatic carbocycles. The molecule has 0 amide bonds. The summed E-state index contributed by atoms with van der Waals surface area (Å²) in [7, 11) is 0. The molecule has 1 aromatic carbocycles. The van der Waals surface area contributed by atoms with E-state index in [0.717, 1.165) is 11.5 Å². The maximum absolute atomic E-state index is 10.6. The van der Waals surface area contributed by atoms with E-state index in [9.17, 15) is 10.1 Å². The summed E-state index contributed by atoms with van der Waals surface area (Å²) in [5.74, 6) is 1.61. The molecule has 0 saturated heterocycles. The van der Waals surface area contributed by atoms with Crippen LogP contribution in [0.5, 0.6) is 5.75 Å². The molecule has 0 radical (unpaired) electrons. The number of nitro benzene ring substituents is 1. The van der Waals surface area contributed by atoms with Crippen LogP contribution < -0.4 is 4.74 Å². The second-order valence-electron chi connectivity index (χ2n) is 3.91. The first-order valence-electron chi connectivity index (χ1n) is 5.47. The van der Waals surface area contributed by atoms with Crippen LogP contribution in [0.1, 0.15) is 17.3 Å². The summed E-state index contributed by atoms with van der Waals surface area (Å²) in [6, 6.07) is 4.17. The van der Waals surface area contributed by atoms with Gasteiger partial charge >= 0.3 is 0 Å². The Morgan fingerprint density at radius 2 is 2.21 bits per heavy atom. The van der Waals surface area contributed by atoms with E-state index in [1.807, 2.05) is 13.8 Å². The molecule has 1 aromatic heterocycles. The Labute approximate surface area is 114 Å². The maximum Gasteiger partial charge on any atom is 0.288 e. The van der Waals surface area contributed by atoms with Crippen LogP contribution in [-0.2, 0) is 6.61 Å². The second kappa shape index (κ2) is 5.27. The third kappa shape index (κ3) is 3.03. The Hall–Kier alpha value is -2.08. The van der Waals surface area contributed by atoms with Crippen molar-refractivity contribution >= 4 is 17.3 Å². The monoisotopic (exact) mass is 282 g/mol. The predicted octanol–water partition coefficient (Wildman–Crippen LogP) is 3.43. The third-order valence-electron chi connectivity index (χ3n) is 2.55. The molecule has 0 N–H and O–H groups in total. The SMILES string of the molecule is Cc1nc(COc2ccc([N+](=O)[O-])c(Cl)c2)oc1C. The molecule has 0 atom stereocenters. The fourth-order valence-electron chi connectivity index (χ4n) is 1.47. The smallest absolute Gasteiger partial charge is 0.288 e. The molecular weight excluding hydrogens is 272 g/mol. The molecule has 0 fully saturated rings. The zero-order chi connectivity index (χ0) is 14.0. The van der Waals surface area contributed by atoms with Gasteiger partial charge in [0.05, 0.1) is 10.6 Å². The average Bonchev–Trinajstić information content (AvgIpc) is 2.66. The van der Waals surface area contributed by atoms with Gasteiger partial charge in [0.15, 0.2) is 6.61 Å². The van der Waals surface area contributed by atoms with Gasteiger partial charge in [0.2, 0.25) is 5.89 Å². The average molecular weight is 283 g/mol. The van der Waals surface area contributed by atoms with E-state index in [-0.39, 0.29) is 17.3 Å². The molecule has 0 aliphatic rings. The van der Waals surface area contributed by atoms with E-state index in [2.05, 4.69) is 4.98 Å². The Balaban J connectivity index is 2.08. The van der Waals surface area contributed by atoms with E-state index in [1.54, 1.807) is 0 Å². The van der Waals surface area contributed by atoms with E-state index in [1.165, 1.54) is 18.2 Å². The van der Waals surface area contributed by atoms with Crippen LogP contribution in [0.25, 0.3) is 0 Å². The number of oxazole rings is 1. The van der Waals surface area contributed by atoms with Crippen LogP contribution >= 0.6 is 11.6 Å². The number of benzene rings is 1. The Morgan fingerprint density at radius 3 is 2.74 bits per heavy atom. The lowest BCUT2D eigenvalue weighted by Crippen LogP contribution is -1.96. The van der Waals surface area contributed by atoms with Crippen molar-refractivity contribution in [1.29, 1.82) is 0 Å². The molecule has 0 unspecified atom stereocenters. The summed E-state index contributed by atoms with van der Waals surface area (Å²) < 4.78 is 10.8. The minimum Gasteiger partial charge on any atom is -0.484 e. The van der Waals surface area contributed by atoms with Crippen LogP contribution in [0, 0.1) is 24.0 Å². The first-order chi connectivity index (χ1) is 8.97. The zero-order valence-corrected chi connectivity index (χ0v) is 11.1. The fourth-order valence-corrected chi connectivity index (χ4v) is 1.71. The lowest BCUT2D eigenvalue weighted by molar-refractivity contribution is -0.384. The highest BCUT2D eigenvalue weighted by atomic mass is 35.5. The molecule has 19 heavy (non-hydrogen) atoms. The van der Waals surface area contributed by atoms with Crippen LogP contribution in [0.3, 0.4) is 0 Å². The van der Waals surface area contributed by atoms with Gasteiger partial charge in [0, 0.05) is 12.1 Å². The van der Waals surface area contributed by atoms with Gasteiger partial charge < -0.3 is 9.15 Å². The molecule has 6 nitrogen and oxygen atoms in total. The van der Waals surface area contributed by atoms with Gasteiger partial charge in [0.25, 0.3) is 5.69 Å². The number of ether oxygens (including phenoxy) is 1. The fraction of sp³-hybridized carbons (Fsp3) is 0.250. The molecule has 0 aliphatic heterocycles. The van der Waals surface area contributed by atoms with Gasteiger partial charge in [-0.2, -0.15) is 0 Å². The molecule has 0 spiro atoms. The maximum atomic E-state index is 10.6. The summed E-state index contributed by atoms with van der Waals surface area (Å²) in [6.07, 6.45) is 0. The Morgan fingerprint density at radius 1 is 1.47 bits per heavy atom. The lowest BCUT2D eigenvalue weighted by atomic mass is 10.3. The van der Waals surface area contributed by atoms with Crippen LogP contribution in [-0.4, -0.2) is 9.91 Å². The number of hydrogen-bond donors (Lipinski definition) is 0. The highest BCUT2D eigenvalue weighted by Gasteiger charge is 2.13. The first kappa shape index (κ1) is 13.4. The third-order valence-corrected chi connectivity index (χ3v) is 2.85. The van der Waals surface area contributed by atoms with E-state index >= 15 is 0 Å². The Kier molecular flexibility index (Phi) is 3.71. The van der Waals surface area contributed by atoms with Crippen molar-refractivity contribution in [3.8, 4) is 5.75 Å². The van der Waals surface area contributed by atoms with Crippen molar-refractivity contribution in [1.82, 2.24) is 4.98 Å². The number of nitro groups is 1. The highest BCUT2D eigenvalue weighted by molar-refractivity contribution is 6.32. The molecule has 1 heterocycles. The molecule has 100 valence electrons. The number of halogens is 1.